The highest BCUT2D eigenvalue weighted by atomic mass is 32.1. The zero-order chi connectivity index (χ0) is 20.5. The molecule has 1 aliphatic rings. The van der Waals surface area contributed by atoms with Crippen molar-refractivity contribution >= 4 is 34.5 Å². The number of hydrogen-bond donors (Lipinski definition) is 2. The Hall–Kier alpha value is -2.97. The third-order valence-corrected chi connectivity index (χ3v) is 5.70. The summed E-state index contributed by atoms with van der Waals surface area (Å²) >= 11 is 1.56. The second kappa shape index (κ2) is 7.81. The number of thiazole rings is 1. The summed E-state index contributed by atoms with van der Waals surface area (Å²) in [5.74, 6) is -0.207. The number of aromatic nitrogens is 2. The van der Waals surface area contributed by atoms with Gasteiger partial charge in [0.05, 0.1) is 6.54 Å². The number of fused-ring (bicyclic) bond motifs is 1. The van der Waals surface area contributed by atoms with Crippen LogP contribution in [0.15, 0.2) is 42.0 Å². The highest BCUT2D eigenvalue weighted by molar-refractivity contribution is 7.12. The Kier molecular flexibility index (Phi) is 5.21. The topological polar surface area (TPSA) is 79.3 Å². The van der Waals surface area contributed by atoms with Gasteiger partial charge in [0.2, 0.25) is 11.8 Å². The van der Waals surface area contributed by atoms with Gasteiger partial charge in [0, 0.05) is 47.2 Å². The number of nitrogens with one attached hydrogen (secondary N) is 2. The predicted molar refractivity (Wildman–Crippen MR) is 115 cm³/mol. The average Bonchev–Trinajstić information content (AvgIpc) is 3.32. The van der Waals surface area contributed by atoms with Crippen LogP contribution in [0.1, 0.15) is 29.2 Å². The molecule has 3 aromatic rings. The number of anilines is 2. The maximum absolute atomic E-state index is 12.5. The fourth-order valence-corrected chi connectivity index (χ4v) is 4.33. The van der Waals surface area contributed by atoms with Crippen LogP contribution >= 0.6 is 11.3 Å². The molecule has 1 aromatic carbocycles. The highest BCUT2D eigenvalue weighted by Gasteiger charge is 2.30. The third-order valence-electron chi connectivity index (χ3n) is 4.93. The summed E-state index contributed by atoms with van der Waals surface area (Å²) in [7, 11) is 3.70. The molecule has 1 unspecified atom stereocenters. The fraction of sp³-hybridized carbons (Fsp3) is 0.286. The molecule has 1 aliphatic heterocycles. The van der Waals surface area contributed by atoms with Gasteiger partial charge in [-0.15, -0.1) is 11.3 Å². The van der Waals surface area contributed by atoms with Crippen molar-refractivity contribution < 1.29 is 9.59 Å². The van der Waals surface area contributed by atoms with Crippen LogP contribution in [0, 0.1) is 6.92 Å². The SMILES string of the molecule is Cc1cc2c(cc1NC(=O)CN(C)C)NC(=O)CC2c1cccn1-c1nccs1. The summed E-state index contributed by atoms with van der Waals surface area (Å²) in [5, 5.41) is 8.72. The van der Waals surface area contributed by atoms with E-state index in [1.807, 2.05) is 60.3 Å². The zero-order valence-corrected chi connectivity index (χ0v) is 17.4. The van der Waals surface area contributed by atoms with E-state index in [0.717, 1.165) is 27.6 Å². The summed E-state index contributed by atoms with van der Waals surface area (Å²) in [6, 6.07) is 7.94. The quantitative estimate of drug-likeness (QED) is 0.678. The first-order chi connectivity index (χ1) is 13.9. The molecule has 0 spiro atoms. The van der Waals surface area contributed by atoms with Crippen LogP contribution in [0.4, 0.5) is 11.4 Å². The van der Waals surface area contributed by atoms with Crippen molar-refractivity contribution in [1.29, 1.82) is 0 Å². The third kappa shape index (κ3) is 3.94. The van der Waals surface area contributed by atoms with Crippen molar-refractivity contribution in [2.24, 2.45) is 0 Å². The van der Waals surface area contributed by atoms with E-state index in [0.29, 0.717) is 18.7 Å². The number of carbonyl (C=O) groups excluding carboxylic acids is 2. The maximum Gasteiger partial charge on any atom is 0.238 e. The number of aryl methyl sites for hydroxylation is 1. The van der Waals surface area contributed by atoms with Crippen LogP contribution in [0.2, 0.25) is 0 Å². The first-order valence-corrected chi connectivity index (χ1v) is 10.3. The lowest BCUT2D eigenvalue weighted by Gasteiger charge is -2.28. The van der Waals surface area contributed by atoms with E-state index in [4.69, 9.17) is 0 Å². The number of carbonyl (C=O) groups is 2. The molecule has 0 fully saturated rings. The van der Waals surface area contributed by atoms with Gasteiger partial charge in [-0.25, -0.2) is 4.98 Å². The van der Waals surface area contributed by atoms with Crippen LogP contribution in [0.5, 0.6) is 0 Å². The van der Waals surface area contributed by atoms with Gasteiger partial charge in [0.25, 0.3) is 0 Å². The van der Waals surface area contributed by atoms with Gasteiger partial charge >= 0.3 is 0 Å². The van der Waals surface area contributed by atoms with E-state index in [9.17, 15) is 9.59 Å². The van der Waals surface area contributed by atoms with Crippen LogP contribution in [-0.4, -0.2) is 46.9 Å². The lowest BCUT2D eigenvalue weighted by atomic mass is 9.86. The molecule has 29 heavy (non-hydrogen) atoms. The molecule has 0 aliphatic carbocycles. The summed E-state index contributed by atoms with van der Waals surface area (Å²) in [5.41, 5.74) is 4.49. The maximum atomic E-state index is 12.5. The number of nitrogens with zero attached hydrogens (tertiary/aromatic N) is 3. The van der Waals surface area contributed by atoms with E-state index < -0.39 is 0 Å². The predicted octanol–water partition coefficient (Wildman–Crippen LogP) is 3.22. The number of benzene rings is 1. The average molecular weight is 410 g/mol. The molecule has 0 saturated carbocycles. The van der Waals surface area contributed by atoms with E-state index in [1.165, 1.54) is 0 Å². The second-order valence-corrected chi connectivity index (χ2v) is 8.34. The minimum atomic E-state index is -0.0885. The Morgan fingerprint density at radius 2 is 2.24 bits per heavy atom. The van der Waals surface area contributed by atoms with E-state index in [-0.39, 0.29) is 17.7 Å². The summed E-state index contributed by atoms with van der Waals surface area (Å²) < 4.78 is 2.04. The zero-order valence-electron chi connectivity index (χ0n) is 16.6. The number of hydrogen-bond acceptors (Lipinski definition) is 5. The van der Waals surface area contributed by atoms with Gasteiger partial charge in [-0.1, -0.05) is 6.07 Å². The largest absolute Gasteiger partial charge is 0.326 e. The van der Waals surface area contributed by atoms with Crippen LogP contribution < -0.4 is 10.6 Å². The Morgan fingerprint density at radius 1 is 1.41 bits per heavy atom. The van der Waals surface area contributed by atoms with Gasteiger partial charge in [-0.05, 0) is 50.3 Å². The van der Waals surface area contributed by atoms with Crippen LogP contribution in [-0.2, 0) is 9.59 Å². The van der Waals surface area contributed by atoms with E-state index in [1.54, 1.807) is 17.5 Å². The van der Waals surface area contributed by atoms with Gasteiger partial charge in [-0.2, -0.15) is 0 Å². The van der Waals surface area contributed by atoms with E-state index >= 15 is 0 Å². The Morgan fingerprint density at radius 3 is 2.97 bits per heavy atom. The van der Waals surface area contributed by atoms with Gasteiger partial charge in [0.1, 0.15) is 0 Å². The number of likely N-dealkylation sites (N-methyl/N-ethyl adjacent to an activating group) is 1. The van der Waals surface area contributed by atoms with Crippen molar-refractivity contribution in [1.82, 2.24) is 14.5 Å². The first kappa shape index (κ1) is 19.4. The van der Waals surface area contributed by atoms with Crippen molar-refractivity contribution in [3.63, 3.8) is 0 Å². The van der Waals surface area contributed by atoms with Crippen LogP contribution in [0.3, 0.4) is 0 Å². The lowest BCUT2D eigenvalue weighted by molar-refractivity contribution is -0.117. The molecule has 2 N–H and O–H groups in total. The molecule has 7 nitrogen and oxygen atoms in total. The molecule has 3 heterocycles. The lowest BCUT2D eigenvalue weighted by Crippen LogP contribution is -2.28. The molecule has 0 bridgehead atoms. The van der Waals surface area contributed by atoms with Crippen molar-refractivity contribution in [2.75, 3.05) is 31.3 Å². The Labute approximate surface area is 173 Å². The molecule has 0 radical (unpaired) electrons. The van der Waals surface area contributed by atoms with Gasteiger partial charge in [0.15, 0.2) is 5.13 Å². The molecule has 0 saturated heterocycles. The van der Waals surface area contributed by atoms with Gasteiger partial charge in [-0.3, -0.25) is 14.2 Å². The molecule has 1 atom stereocenters. The molecular formula is C21H23N5O2S. The highest BCUT2D eigenvalue weighted by Crippen LogP contribution is 2.40. The number of amides is 2. The van der Waals surface area contributed by atoms with E-state index in [2.05, 4.69) is 21.7 Å². The molecule has 150 valence electrons. The minimum absolute atomic E-state index is 0.0381. The molecular weight excluding hydrogens is 386 g/mol. The Bertz CT molecular complexity index is 1060. The van der Waals surface area contributed by atoms with Crippen molar-refractivity contribution in [3.05, 3.63) is 58.9 Å². The monoisotopic (exact) mass is 409 g/mol. The Balaban J connectivity index is 1.71. The second-order valence-electron chi connectivity index (χ2n) is 7.46. The normalized spacial score (nSPS) is 15.9. The summed E-state index contributed by atoms with van der Waals surface area (Å²) in [6.07, 6.45) is 4.12. The number of rotatable bonds is 5. The van der Waals surface area contributed by atoms with Gasteiger partial charge < -0.3 is 15.5 Å². The molecule has 8 heteroatoms. The molecule has 4 rings (SSSR count). The summed E-state index contributed by atoms with van der Waals surface area (Å²) in [4.78, 5) is 30.9. The summed E-state index contributed by atoms with van der Waals surface area (Å²) in [6.45, 7) is 2.27. The minimum Gasteiger partial charge on any atom is -0.326 e. The van der Waals surface area contributed by atoms with Crippen LogP contribution in [0.25, 0.3) is 5.13 Å². The first-order valence-electron chi connectivity index (χ1n) is 9.38. The smallest absolute Gasteiger partial charge is 0.238 e. The molecule has 2 amide bonds. The van der Waals surface area contributed by atoms with Crippen molar-refractivity contribution in [2.45, 2.75) is 19.3 Å². The molecule has 2 aromatic heterocycles. The van der Waals surface area contributed by atoms with Crippen molar-refractivity contribution in [3.8, 4) is 5.13 Å². The fourth-order valence-electron chi connectivity index (χ4n) is 3.69. The standard InChI is InChI=1S/C21H23N5O2S/c1-13-9-14-15(18-5-4-7-26(18)21-22-6-8-29-21)10-19(27)24-17(14)11-16(13)23-20(28)12-25(2)3/h4-9,11,15H,10,12H2,1-3H3,(H,23,28)(H,24,27).